The van der Waals surface area contributed by atoms with Crippen LogP contribution in [0.2, 0.25) is 0 Å². The Hall–Kier alpha value is -1.43. The Morgan fingerprint density at radius 1 is 1.70 bits per heavy atom. The summed E-state index contributed by atoms with van der Waals surface area (Å²) in [6, 6.07) is 0. The number of hydrogen-bond acceptors (Lipinski definition) is 3. The zero-order valence-corrected chi connectivity index (χ0v) is 5.24. The SMILES string of the molecule is C#CC1OC(=O)OC1C=C. The van der Waals surface area contributed by atoms with Gasteiger partial charge in [-0.2, -0.15) is 0 Å². The van der Waals surface area contributed by atoms with Crippen molar-refractivity contribution in [1.29, 1.82) is 0 Å². The van der Waals surface area contributed by atoms with Gasteiger partial charge in [-0.25, -0.2) is 4.79 Å². The highest BCUT2D eigenvalue weighted by Crippen LogP contribution is 2.14. The average molecular weight is 138 g/mol. The fourth-order valence-electron chi connectivity index (χ4n) is 0.672. The van der Waals surface area contributed by atoms with Crippen molar-refractivity contribution in [3.8, 4) is 12.3 Å². The van der Waals surface area contributed by atoms with Crippen LogP contribution in [0.4, 0.5) is 4.79 Å². The number of carbonyl (C=O) groups excluding carboxylic acids is 1. The molecule has 0 aromatic rings. The van der Waals surface area contributed by atoms with Crippen LogP contribution in [-0.2, 0) is 9.47 Å². The maximum atomic E-state index is 10.4. The molecule has 1 saturated heterocycles. The zero-order valence-electron chi connectivity index (χ0n) is 5.24. The summed E-state index contributed by atoms with van der Waals surface area (Å²) in [5.41, 5.74) is 0. The van der Waals surface area contributed by atoms with Crippen molar-refractivity contribution in [1.82, 2.24) is 0 Å². The summed E-state index contributed by atoms with van der Waals surface area (Å²) >= 11 is 0. The fourth-order valence-corrected chi connectivity index (χ4v) is 0.672. The van der Waals surface area contributed by atoms with Crippen molar-refractivity contribution < 1.29 is 14.3 Å². The zero-order chi connectivity index (χ0) is 7.56. The largest absolute Gasteiger partial charge is 0.510 e. The van der Waals surface area contributed by atoms with E-state index in [-0.39, 0.29) is 0 Å². The molecule has 2 unspecified atom stereocenters. The molecule has 3 nitrogen and oxygen atoms in total. The molecule has 0 aromatic heterocycles. The molecule has 0 bridgehead atoms. The first-order valence-electron chi connectivity index (χ1n) is 2.74. The summed E-state index contributed by atoms with van der Waals surface area (Å²) in [6.07, 6.45) is 4.62. The topological polar surface area (TPSA) is 35.5 Å². The lowest BCUT2D eigenvalue weighted by molar-refractivity contribution is 0.122. The fraction of sp³-hybridized carbons (Fsp3) is 0.286. The van der Waals surface area contributed by atoms with E-state index in [9.17, 15) is 4.79 Å². The molecule has 10 heavy (non-hydrogen) atoms. The number of carbonyl (C=O) groups is 1. The predicted octanol–water partition coefficient (Wildman–Crippen LogP) is 0.710. The first-order chi connectivity index (χ1) is 4.77. The van der Waals surface area contributed by atoms with E-state index < -0.39 is 18.4 Å². The Morgan fingerprint density at radius 2 is 2.40 bits per heavy atom. The Kier molecular flexibility index (Phi) is 1.63. The summed E-state index contributed by atoms with van der Waals surface area (Å²) in [7, 11) is 0. The molecule has 1 aliphatic rings. The third-order valence-corrected chi connectivity index (χ3v) is 1.15. The smallest absolute Gasteiger partial charge is 0.422 e. The van der Waals surface area contributed by atoms with Gasteiger partial charge in [0.25, 0.3) is 0 Å². The number of hydrogen-bond donors (Lipinski definition) is 0. The lowest BCUT2D eigenvalue weighted by Gasteiger charge is -2.01. The molecule has 1 aliphatic heterocycles. The Balaban J connectivity index is 2.68. The van der Waals surface area contributed by atoms with E-state index in [0.29, 0.717) is 0 Å². The summed E-state index contributed by atoms with van der Waals surface area (Å²) in [4.78, 5) is 10.4. The molecule has 52 valence electrons. The molecule has 0 spiro atoms. The second kappa shape index (κ2) is 2.44. The number of ether oxygens (including phenoxy) is 2. The van der Waals surface area contributed by atoms with Crippen molar-refractivity contribution in [3.05, 3.63) is 12.7 Å². The molecular formula is C7H6O3. The van der Waals surface area contributed by atoms with Gasteiger partial charge < -0.3 is 9.47 Å². The van der Waals surface area contributed by atoms with Crippen molar-refractivity contribution in [2.75, 3.05) is 0 Å². The minimum absolute atomic E-state index is 0.488. The molecular weight excluding hydrogens is 132 g/mol. The Labute approximate surface area is 58.6 Å². The minimum atomic E-state index is -0.729. The van der Waals surface area contributed by atoms with E-state index in [0.717, 1.165) is 0 Å². The second-order valence-electron chi connectivity index (χ2n) is 1.77. The van der Waals surface area contributed by atoms with Crippen LogP contribution in [0, 0.1) is 12.3 Å². The molecule has 0 aromatic carbocycles. The van der Waals surface area contributed by atoms with Crippen LogP contribution in [0.25, 0.3) is 0 Å². The average Bonchev–Trinajstić information content (AvgIpc) is 2.30. The van der Waals surface area contributed by atoms with Crippen LogP contribution in [0.1, 0.15) is 0 Å². The van der Waals surface area contributed by atoms with Crippen LogP contribution in [0.15, 0.2) is 12.7 Å². The highest BCUT2D eigenvalue weighted by Gasteiger charge is 2.32. The van der Waals surface area contributed by atoms with Crippen molar-refractivity contribution in [2.45, 2.75) is 12.2 Å². The molecule has 0 N–H and O–H groups in total. The van der Waals surface area contributed by atoms with Crippen LogP contribution in [0.5, 0.6) is 0 Å². The van der Waals surface area contributed by atoms with Crippen LogP contribution >= 0.6 is 0 Å². The lowest BCUT2D eigenvalue weighted by atomic mass is 10.2. The normalized spacial score (nSPS) is 30.1. The molecule has 1 fully saturated rings. The van der Waals surface area contributed by atoms with Gasteiger partial charge >= 0.3 is 6.16 Å². The summed E-state index contributed by atoms with van der Waals surface area (Å²) in [6.45, 7) is 3.42. The summed E-state index contributed by atoms with van der Waals surface area (Å²) < 4.78 is 9.14. The van der Waals surface area contributed by atoms with Crippen molar-refractivity contribution in [2.24, 2.45) is 0 Å². The van der Waals surface area contributed by atoms with Gasteiger partial charge in [0, 0.05) is 0 Å². The third kappa shape index (κ3) is 0.960. The van der Waals surface area contributed by atoms with Crippen molar-refractivity contribution >= 4 is 6.16 Å². The van der Waals surface area contributed by atoms with Gasteiger partial charge in [0.15, 0.2) is 6.10 Å². The third-order valence-electron chi connectivity index (χ3n) is 1.15. The van der Waals surface area contributed by atoms with Gasteiger partial charge in [0.2, 0.25) is 6.10 Å². The maximum Gasteiger partial charge on any atom is 0.510 e. The van der Waals surface area contributed by atoms with Gasteiger partial charge in [-0.3, -0.25) is 0 Å². The van der Waals surface area contributed by atoms with Gasteiger partial charge in [-0.05, 0) is 6.08 Å². The van der Waals surface area contributed by atoms with E-state index in [2.05, 4.69) is 22.0 Å². The van der Waals surface area contributed by atoms with Crippen LogP contribution in [-0.4, -0.2) is 18.4 Å². The molecule has 0 amide bonds. The monoisotopic (exact) mass is 138 g/mol. The predicted molar refractivity (Wildman–Crippen MR) is 34.2 cm³/mol. The van der Waals surface area contributed by atoms with E-state index in [1.165, 1.54) is 6.08 Å². The first kappa shape index (κ1) is 6.69. The standard InChI is InChI=1S/C7H6O3/c1-3-5-6(4-2)10-7(8)9-5/h1,4-6H,2H2. The van der Waals surface area contributed by atoms with Crippen LogP contribution < -0.4 is 0 Å². The molecule has 0 saturated carbocycles. The number of terminal acetylenes is 1. The van der Waals surface area contributed by atoms with Gasteiger partial charge in [-0.1, -0.05) is 12.5 Å². The van der Waals surface area contributed by atoms with Gasteiger partial charge in [0.05, 0.1) is 0 Å². The van der Waals surface area contributed by atoms with Gasteiger partial charge in [0.1, 0.15) is 0 Å². The molecule has 1 rings (SSSR count). The van der Waals surface area contributed by atoms with Crippen LogP contribution in [0.3, 0.4) is 0 Å². The lowest BCUT2D eigenvalue weighted by Crippen LogP contribution is -2.17. The second-order valence-corrected chi connectivity index (χ2v) is 1.77. The van der Waals surface area contributed by atoms with Gasteiger partial charge in [-0.15, -0.1) is 6.42 Å². The Morgan fingerprint density at radius 3 is 2.80 bits per heavy atom. The molecule has 2 atom stereocenters. The van der Waals surface area contributed by atoms with E-state index in [1.54, 1.807) is 0 Å². The quantitative estimate of drug-likeness (QED) is 0.304. The van der Waals surface area contributed by atoms with E-state index in [1.807, 2.05) is 0 Å². The van der Waals surface area contributed by atoms with E-state index in [4.69, 9.17) is 6.42 Å². The number of rotatable bonds is 1. The molecule has 1 heterocycles. The Bertz CT molecular complexity index is 201. The van der Waals surface area contributed by atoms with Crippen molar-refractivity contribution in [3.63, 3.8) is 0 Å². The highest BCUT2D eigenvalue weighted by molar-refractivity contribution is 5.63. The summed E-state index contributed by atoms with van der Waals surface area (Å²) in [5.74, 6) is 2.26. The maximum absolute atomic E-state index is 10.4. The highest BCUT2D eigenvalue weighted by atomic mass is 16.8. The molecule has 0 radical (unpaired) electrons. The summed E-state index contributed by atoms with van der Waals surface area (Å²) in [5, 5.41) is 0. The molecule has 0 aliphatic carbocycles. The van der Waals surface area contributed by atoms with E-state index >= 15 is 0 Å². The molecule has 3 heteroatoms. The number of cyclic esters (lactones) is 2. The minimum Gasteiger partial charge on any atom is -0.422 e. The first-order valence-corrected chi connectivity index (χ1v) is 2.74.